The first kappa shape index (κ1) is 12.9. The van der Waals surface area contributed by atoms with Gasteiger partial charge < -0.3 is 4.42 Å². The summed E-state index contributed by atoms with van der Waals surface area (Å²) in [5.74, 6) is 0.797. The van der Waals surface area contributed by atoms with Crippen LogP contribution in [0.3, 0.4) is 0 Å². The largest absolute Gasteiger partial charge is 0.454 e. The molecule has 0 amide bonds. The van der Waals surface area contributed by atoms with Crippen molar-refractivity contribution < 1.29 is 4.42 Å². The minimum absolute atomic E-state index is 0.797. The van der Waals surface area contributed by atoms with E-state index in [2.05, 4.69) is 18.1 Å². The molecule has 0 saturated carbocycles. The summed E-state index contributed by atoms with van der Waals surface area (Å²) in [5, 5.41) is 1.96. The van der Waals surface area contributed by atoms with E-state index < -0.39 is 0 Å². The Labute approximate surface area is 122 Å². The number of hydrogen-bond donors (Lipinski definition) is 0. The van der Waals surface area contributed by atoms with Gasteiger partial charge in [-0.1, -0.05) is 31.4 Å². The van der Waals surface area contributed by atoms with Gasteiger partial charge in [-0.05, 0) is 37.1 Å². The fourth-order valence-electron chi connectivity index (χ4n) is 2.09. The number of allylic oxidation sites excluding steroid dienone is 2. The van der Waals surface area contributed by atoms with Crippen LogP contribution in [-0.2, 0) is 0 Å². The molecule has 2 heterocycles. The van der Waals surface area contributed by atoms with Crippen LogP contribution in [0.15, 0.2) is 47.9 Å². The van der Waals surface area contributed by atoms with Crippen molar-refractivity contribution in [2.24, 2.45) is 0 Å². The van der Waals surface area contributed by atoms with Crippen LogP contribution in [0.5, 0.6) is 0 Å². The summed E-state index contributed by atoms with van der Waals surface area (Å²) in [6.07, 6.45) is 0. The van der Waals surface area contributed by atoms with Crippen LogP contribution in [0.1, 0.15) is 24.4 Å². The Morgan fingerprint density at radius 2 is 1.90 bits per heavy atom. The van der Waals surface area contributed by atoms with E-state index in [0.29, 0.717) is 0 Å². The minimum atomic E-state index is 0.797. The molecule has 0 unspecified atom stereocenters. The van der Waals surface area contributed by atoms with E-state index in [4.69, 9.17) is 4.42 Å². The normalized spacial score (nSPS) is 10.9. The van der Waals surface area contributed by atoms with Gasteiger partial charge in [0, 0.05) is 5.39 Å². The quantitative estimate of drug-likeness (QED) is 0.622. The SMILES string of the molecule is C=C(C)c1nc(-c2cc3ccccc3o2)sc1C(=C)C. The summed E-state index contributed by atoms with van der Waals surface area (Å²) < 4.78 is 5.87. The molecule has 0 spiro atoms. The third-order valence-corrected chi connectivity index (χ3v) is 4.29. The van der Waals surface area contributed by atoms with Crippen molar-refractivity contribution in [1.82, 2.24) is 4.98 Å². The van der Waals surface area contributed by atoms with Gasteiger partial charge in [0.1, 0.15) is 5.58 Å². The van der Waals surface area contributed by atoms with E-state index in [1.165, 1.54) is 0 Å². The molecular weight excluding hydrogens is 266 g/mol. The first-order chi connectivity index (χ1) is 9.56. The lowest BCUT2D eigenvalue weighted by atomic mass is 10.1. The summed E-state index contributed by atoms with van der Waals surface area (Å²) in [4.78, 5) is 5.74. The third-order valence-electron chi connectivity index (χ3n) is 3.06. The molecule has 20 heavy (non-hydrogen) atoms. The van der Waals surface area contributed by atoms with Crippen molar-refractivity contribution >= 4 is 33.5 Å². The second-order valence-electron chi connectivity index (χ2n) is 4.91. The van der Waals surface area contributed by atoms with Crippen LogP contribution in [-0.4, -0.2) is 4.98 Å². The van der Waals surface area contributed by atoms with Crippen LogP contribution in [0, 0.1) is 0 Å². The van der Waals surface area contributed by atoms with Crippen molar-refractivity contribution in [2.45, 2.75) is 13.8 Å². The molecule has 2 aromatic heterocycles. The zero-order valence-corrected chi connectivity index (χ0v) is 12.4. The van der Waals surface area contributed by atoms with E-state index in [9.17, 15) is 0 Å². The molecule has 0 aliphatic heterocycles. The number of hydrogen-bond acceptors (Lipinski definition) is 3. The molecule has 0 saturated heterocycles. The fourth-order valence-corrected chi connectivity index (χ4v) is 3.11. The standard InChI is InChI=1S/C17H15NOS/c1-10(2)15-16(11(3)4)20-17(18-15)14-9-12-7-5-6-8-13(12)19-14/h5-9H,1,3H2,2,4H3. The number of rotatable bonds is 3. The average molecular weight is 281 g/mol. The summed E-state index contributed by atoms with van der Waals surface area (Å²) in [6, 6.07) is 10.00. The topological polar surface area (TPSA) is 26.0 Å². The molecule has 2 nitrogen and oxygen atoms in total. The fraction of sp³-hybridized carbons (Fsp3) is 0.118. The van der Waals surface area contributed by atoms with Gasteiger partial charge in [0.25, 0.3) is 0 Å². The maximum atomic E-state index is 5.87. The zero-order valence-electron chi connectivity index (χ0n) is 11.6. The average Bonchev–Trinajstić information content (AvgIpc) is 3.02. The Bertz CT molecular complexity index is 758. The number of fused-ring (bicyclic) bond motifs is 1. The molecule has 0 fully saturated rings. The Balaban J connectivity index is 2.16. The van der Waals surface area contributed by atoms with Crippen molar-refractivity contribution in [1.29, 1.82) is 0 Å². The number of aromatic nitrogens is 1. The minimum Gasteiger partial charge on any atom is -0.454 e. The van der Waals surface area contributed by atoms with Crippen LogP contribution in [0.4, 0.5) is 0 Å². The highest BCUT2D eigenvalue weighted by Gasteiger charge is 2.16. The Kier molecular flexibility index (Phi) is 3.07. The van der Waals surface area contributed by atoms with Gasteiger partial charge in [0.15, 0.2) is 10.8 Å². The second kappa shape index (κ2) is 4.76. The molecule has 0 aliphatic carbocycles. The van der Waals surface area contributed by atoms with E-state index in [-0.39, 0.29) is 0 Å². The van der Waals surface area contributed by atoms with Gasteiger partial charge in [-0.25, -0.2) is 4.98 Å². The highest BCUT2D eigenvalue weighted by atomic mass is 32.1. The van der Waals surface area contributed by atoms with Gasteiger partial charge in [0.2, 0.25) is 0 Å². The van der Waals surface area contributed by atoms with Gasteiger partial charge >= 0.3 is 0 Å². The van der Waals surface area contributed by atoms with Gasteiger partial charge in [-0.15, -0.1) is 11.3 Å². The van der Waals surface area contributed by atoms with Crippen molar-refractivity contribution in [2.75, 3.05) is 0 Å². The lowest BCUT2D eigenvalue weighted by Crippen LogP contribution is -1.83. The summed E-state index contributed by atoms with van der Waals surface area (Å²) in [6.45, 7) is 12.0. The lowest BCUT2D eigenvalue weighted by molar-refractivity contribution is 0.631. The molecule has 0 bridgehead atoms. The summed E-state index contributed by atoms with van der Waals surface area (Å²) in [7, 11) is 0. The van der Waals surface area contributed by atoms with Crippen LogP contribution >= 0.6 is 11.3 Å². The van der Waals surface area contributed by atoms with E-state index in [1.807, 2.05) is 44.2 Å². The zero-order chi connectivity index (χ0) is 14.3. The Morgan fingerprint density at radius 3 is 2.50 bits per heavy atom. The summed E-state index contributed by atoms with van der Waals surface area (Å²) in [5.41, 5.74) is 3.74. The molecule has 3 rings (SSSR count). The lowest BCUT2D eigenvalue weighted by Gasteiger charge is -1.98. The Hall–Kier alpha value is -2.13. The molecule has 100 valence electrons. The molecule has 3 aromatic rings. The predicted octanol–water partition coefficient (Wildman–Crippen LogP) is 5.62. The van der Waals surface area contributed by atoms with Crippen molar-refractivity contribution in [3.05, 3.63) is 54.1 Å². The smallest absolute Gasteiger partial charge is 0.164 e. The predicted molar refractivity (Wildman–Crippen MR) is 86.7 cm³/mol. The molecule has 0 N–H and O–H groups in total. The molecule has 3 heteroatoms. The Morgan fingerprint density at radius 1 is 1.15 bits per heavy atom. The maximum absolute atomic E-state index is 5.87. The van der Waals surface area contributed by atoms with Crippen LogP contribution in [0.25, 0.3) is 32.9 Å². The van der Waals surface area contributed by atoms with E-state index in [1.54, 1.807) is 11.3 Å². The molecule has 0 atom stereocenters. The number of para-hydroxylation sites is 1. The second-order valence-corrected chi connectivity index (χ2v) is 5.90. The number of benzene rings is 1. The molecule has 1 aromatic carbocycles. The molecule has 0 aliphatic rings. The van der Waals surface area contributed by atoms with Gasteiger partial charge in [-0.3, -0.25) is 0 Å². The van der Waals surface area contributed by atoms with Crippen molar-refractivity contribution in [3.63, 3.8) is 0 Å². The first-order valence-electron chi connectivity index (χ1n) is 6.38. The third kappa shape index (κ3) is 2.10. The highest BCUT2D eigenvalue weighted by molar-refractivity contribution is 7.16. The number of nitrogens with zero attached hydrogens (tertiary/aromatic N) is 1. The summed E-state index contributed by atoms with van der Waals surface area (Å²) >= 11 is 1.60. The number of furan rings is 1. The van der Waals surface area contributed by atoms with Crippen LogP contribution < -0.4 is 0 Å². The molecular formula is C17H15NOS. The highest BCUT2D eigenvalue weighted by Crippen LogP contribution is 2.36. The maximum Gasteiger partial charge on any atom is 0.164 e. The van der Waals surface area contributed by atoms with Gasteiger partial charge in [0.05, 0.1) is 10.6 Å². The van der Waals surface area contributed by atoms with Gasteiger partial charge in [-0.2, -0.15) is 0 Å². The van der Waals surface area contributed by atoms with E-state index >= 15 is 0 Å². The van der Waals surface area contributed by atoms with E-state index in [0.717, 1.165) is 43.5 Å². The first-order valence-corrected chi connectivity index (χ1v) is 7.19. The number of thiazole rings is 1. The molecule has 0 radical (unpaired) electrons. The van der Waals surface area contributed by atoms with Crippen molar-refractivity contribution in [3.8, 4) is 10.8 Å². The van der Waals surface area contributed by atoms with Crippen LogP contribution in [0.2, 0.25) is 0 Å². The monoisotopic (exact) mass is 281 g/mol.